The van der Waals surface area contributed by atoms with Crippen LogP contribution in [0.1, 0.15) is 6.92 Å². The summed E-state index contributed by atoms with van der Waals surface area (Å²) in [5.41, 5.74) is 0. The Morgan fingerprint density at radius 1 is 0.305 bits per heavy atom. The van der Waals surface area contributed by atoms with E-state index in [0.29, 0.717) is 0 Å². The SMILES string of the molecule is C[CH]=[Fe].c1ccc(P([CH-]CP(c2ccccc2)c2ccccc2)c2ccccc2)cc1.c1ccc(P([CH-]CP(c2ccccc2)c2ccccc2)c2ccccc2)cc1. The molecule has 0 N–H and O–H groups in total. The summed E-state index contributed by atoms with van der Waals surface area (Å²) in [6, 6.07) is 87.6. The Balaban J connectivity index is 0.000000186. The molecule has 0 unspecified atom stereocenters. The first kappa shape index (κ1) is 44.4. The van der Waals surface area contributed by atoms with Gasteiger partial charge in [-0.05, 0) is 21.2 Å². The summed E-state index contributed by atoms with van der Waals surface area (Å²) in [6.45, 7) is 1.89. The quantitative estimate of drug-likeness (QED) is 0.0580. The minimum absolute atomic E-state index is 0.403. The summed E-state index contributed by atoms with van der Waals surface area (Å²) >= 11 is 3.36. The summed E-state index contributed by atoms with van der Waals surface area (Å²) in [4.78, 5) is 1.75. The zero-order valence-corrected chi connectivity index (χ0v) is 38.1. The molecule has 0 nitrogen and oxygen atoms in total. The Bertz CT molecular complexity index is 1810. The molecule has 296 valence electrons. The van der Waals surface area contributed by atoms with E-state index < -0.39 is 31.7 Å². The maximum absolute atomic E-state index is 3.36. The van der Waals surface area contributed by atoms with Gasteiger partial charge in [0.05, 0.1) is 0 Å². The van der Waals surface area contributed by atoms with Crippen LogP contribution < -0.4 is 42.4 Å². The van der Waals surface area contributed by atoms with Gasteiger partial charge in [0.2, 0.25) is 0 Å². The molecule has 8 aromatic carbocycles. The molecule has 0 atom stereocenters. The van der Waals surface area contributed by atoms with Crippen molar-refractivity contribution in [2.24, 2.45) is 0 Å². The Morgan fingerprint density at radius 2 is 0.458 bits per heavy atom. The van der Waals surface area contributed by atoms with Crippen LogP contribution in [0.4, 0.5) is 0 Å². The molecule has 0 radical (unpaired) electrons. The van der Waals surface area contributed by atoms with E-state index in [0.717, 1.165) is 12.3 Å². The van der Waals surface area contributed by atoms with Crippen molar-refractivity contribution in [3.8, 4) is 0 Å². The first-order valence-corrected chi connectivity index (χ1v) is 26.3. The fourth-order valence-corrected chi connectivity index (χ4v) is 16.1. The van der Waals surface area contributed by atoms with Crippen molar-refractivity contribution in [1.82, 2.24) is 0 Å². The second-order valence-electron chi connectivity index (χ2n) is 13.2. The Kier molecular flexibility index (Phi) is 19.2. The molecule has 0 aliphatic rings. The fraction of sp³-hybridized carbons (Fsp3) is 0.0556. The molecule has 0 aromatic heterocycles. The first-order chi connectivity index (χ1) is 29.2. The van der Waals surface area contributed by atoms with E-state index in [-0.39, 0.29) is 0 Å². The van der Waals surface area contributed by atoms with Crippen LogP contribution in [-0.2, 0) is 15.6 Å². The minimum atomic E-state index is -0.473. The van der Waals surface area contributed by atoms with Gasteiger partial charge in [-0.1, -0.05) is 280 Å². The summed E-state index contributed by atoms with van der Waals surface area (Å²) < 4.78 is 0. The van der Waals surface area contributed by atoms with Crippen molar-refractivity contribution in [2.45, 2.75) is 6.92 Å². The van der Waals surface area contributed by atoms with Gasteiger partial charge >= 0.3 is 27.4 Å². The van der Waals surface area contributed by atoms with E-state index >= 15 is 0 Å². The van der Waals surface area contributed by atoms with Gasteiger partial charge in [0.1, 0.15) is 0 Å². The van der Waals surface area contributed by atoms with E-state index in [1.54, 1.807) is 4.92 Å². The molecule has 5 heteroatoms. The summed E-state index contributed by atoms with van der Waals surface area (Å²) in [7, 11) is -1.75. The average Bonchev–Trinajstić information content (AvgIpc) is 3.32. The topological polar surface area (TPSA) is 0 Å². The zero-order valence-electron chi connectivity index (χ0n) is 33.4. The third kappa shape index (κ3) is 14.0. The van der Waals surface area contributed by atoms with E-state index in [4.69, 9.17) is 0 Å². The number of benzene rings is 8. The van der Waals surface area contributed by atoms with Gasteiger partial charge in [0, 0.05) is 0 Å². The monoisotopic (exact) mass is 878 g/mol. The second kappa shape index (κ2) is 25.5. The van der Waals surface area contributed by atoms with Crippen LogP contribution in [0.2, 0.25) is 0 Å². The maximum atomic E-state index is 3.36. The van der Waals surface area contributed by atoms with Crippen molar-refractivity contribution >= 4 is 79.0 Å². The van der Waals surface area contributed by atoms with E-state index in [1.807, 2.05) is 6.92 Å². The van der Waals surface area contributed by atoms with Crippen molar-refractivity contribution in [1.29, 1.82) is 0 Å². The summed E-state index contributed by atoms with van der Waals surface area (Å²) in [5.74, 6) is 0. The largest absolute Gasteiger partial charge is 0.289 e. The van der Waals surface area contributed by atoms with Crippen LogP contribution in [0.3, 0.4) is 0 Å². The van der Waals surface area contributed by atoms with Gasteiger partial charge in [-0.25, -0.2) is 15.8 Å². The van der Waals surface area contributed by atoms with Crippen LogP contribution in [0.25, 0.3) is 0 Å². The molecule has 0 amide bonds. The van der Waals surface area contributed by atoms with E-state index in [9.17, 15) is 0 Å². The molecule has 0 bridgehead atoms. The van der Waals surface area contributed by atoms with Gasteiger partial charge < -0.3 is 0 Å². The number of rotatable bonds is 14. The first-order valence-electron chi connectivity index (χ1n) is 19.8. The van der Waals surface area contributed by atoms with Crippen molar-refractivity contribution < 1.29 is 15.6 Å². The van der Waals surface area contributed by atoms with Crippen LogP contribution in [0.5, 0.6) is 0 Å². The second-order valence-corrected chi connectivity index (χ2v) is 22.6. The average molecular weight is 879 g/mol. The van der Waals surface area contributed by atoms with Gasteiger partial charge in [-0.3, -0.25) is 12.3 Å². The number of hydrogen-bond donors (Lipinski definition) is 0. The molecule has 0 saturated carbocycles. The Hall–Kier alpha value is -4.13. The molecular weight excluding hydrogens is 828 g/mol. The molecule has 8 aromatic rings. The molecule has 0 spiro atoms. The van der Waals surface area contributed by atoms with Crippen LogP contribution in [0.15, 0.2) is 243 Å². The van der Waals surface area contributed by atoms with Crippen LogP contribution in [-0.4, -0.2) is 17.2 Å². The van der Waals surface area contributed by atoms with Crippen LogP contribution >= 0.6 is 31.7 Å². The molecule has 59 heavy (non-hydrogen) atoms. The molecule has 8 rings (SSSR count). The molecule has 0 fully saturated rings. The van der Waals surface area contributed by atoms with Gasteiger partial charge in [-0.15, -0.1) is 12.3 Å². The van der Waals surface area contributed by atoms with Crippen molar-refractivity contribution in [2.75, 3.05) is 12.3 Å². The third-order valence-electron chi connectivity index (χ3n) is 9.30. The van der Waals surface area contributed by atoms with E-state index in [1.165, 1.54) is 42.4 Å². The minimum Gasteiger partial charge on any atom is -0.289 e. The smallest absolute Gasteiger partial charge is 0.0220 e. The Morgan fingerprint density at radius 3 is 0.627 bits per heavy atom. The molecule has 0 aliphatic heterocycles. The third-order valence-corrected chi connectivity index (χ3v) is 19.2. The number of hydrogen-bond acceptors (Lipinski definition) is 0. The van der Waals surface area contributed by atoms with Gasteiger partial charge in [0.15, 0.2) is 0 Å². The molecular formula is C54H50FeP4-2. The fourth-order valence-electron chi connectivity index (χ4n) is 6.55. The zero-order chi connectivity index (χ0) is 40.7. The predicted molar refractivity (Wildman–Crippen MR) is 266 cm³/mol. The van der Waals surface area contributed by atoms with E-state index in [2.05, 4.69) is 271 Å². The molecule has 0 heterocycles. The Labute approximate surface area is 366 Å². The van der Waals surface area contributed by atoms with Gasteiger partial charge in [0.25, 0.3) is 0 Å². The van der Waals surface area contributed by atoms with Crippen molar-refractivity contribution in [3.05, 3.63) is 255 Å². The van der Waals surface area contributed by atoms with Gasteiger partial charge in [-0.2, -0.15) is 0 Å². The summed E-state index contributed by atoms with van der Waals surface area (Å²) in [6.07, 6.45) is 7.31. The standard InChI is InChI=1S/2C26H23P2.C2H4.Fe/c2*1-5-13-23(14-6-1)27(24-15-7-2-8-16-24)21-22-28(25-17-9-3-10-18-25)26-19-11-4-12-20-26;1-2;/h2*1-21H,22H2;1H,2H3;/q2*-1;;. The van der Waals surface area contributed by atoms with Crippen LogP contribution in [0, 0.1) is 12.3 Å². The molecule has 0 saturated heterocycles. The molecule has 0 aliphatic carbocycles. The summed E-state index contributed by atoms with van der Waals surface area (Å²) in [5, 5.41) is 11.4. The van der Waals surface area contributed by atoms with Crippen molar-refractivity contribution in [3.63, 3.8) is 0 Å². The normalized spacial score (nSPS) is 10.7. The predicted octanol–water partition coefficient (Wildman–Crippen LogP) is 11.2. The maximum Gasteiger partial charge on any atom is -0.0220 e.